The molecule has 1 fully saturated rings. The van der Waals surface area contributed by atoms with E-state index in [-0.39, 0.29) is 0 Å². The molecular formula is C5H7NO3S2. The van der Waals surface area contributed by atoms with Crippen molar-refractivity contribution >= 4 is 34.2 Å². The summed E-state index contributed by atoms with van der Waals surface area (Å²) in [5.74, 6) is -0.419. The fraction of sp³-hybridized carbons (Fsp3) is 0.600. The first-order chi connectivity index (χ1) is 5.14. The molecule has 0 radical (unpaired) electrons. The summed E-state index contributed by atoms with van der Waals surface area (Å²) in [5.41, 5.74) is 0. The highest BCUT2D eigenvalue weighted by Crippen LogP contribution is 2.30. The molecule has 3 N–H and O–H groups in total. The fourth-order valence-electron chi connectivity index (χ4n) is 0.714. The average molecular weight is 193 g/mol. The Kier molecular flexibility index (Phi) is 2.48. The molecule has 0 atom stereocenters. The molecule has 0 aromatic heterocycles. The Morgan fingerprint density at radius 2 is 2.09 bits per heavy atom. The standard InChI is InChI=1S/C5H7NO3S2/c7-1-5(2-8)3(9)6-4(10)11-5/h7-8H,1-2H2,(H,6,9,10). The summed E-state index contributed by atoms with van der Waals surface area (Å²) < 4.78 is -0.852. The van der Waals surface area contributed by atoms with Gasteiger partial charge < -0.3 is 15.5 Å². The van der Waals surface area contributed by atoms with Crippen LogP contribution in [0.4, 0.5) is 0 Å². The predicted molar refractivity (Wildman–Crippen MR) is 45.2 cm³/mol. The molecule has 1 saturated heterocycles. The molecule has 1 heterocycles. The van der Waals surface area contributed by atoms with Crippen molar-refractivity contribution in [2.75, 3.05) is 13.2 Å². The Morgan fingerprint density at radius 3 is 2.27 bits per heavy atom. The number of nitrogens with one attached hydrogen (secondary N) is 1. The van der Waals surface area contributed by atoms with Crippen LogP contribution in [0.15, 0.2) is 0 Å². The summed E-state index contributed by atoms with van der Waals surface area (Å²) in [4.78, 5) is 11.0. The summed E-state index contributed by atoms with van der Waals surface area (Å²) in [7, 11) is 0. The SMILES string of the molecule is O=C1NC(=S)SC1(CO)CO. The summed E-state index contributed by atoms with van der Waals surface area (Å²) in [6.45, 7) is -0.805. The molecule has 62 valence electrons. The van der Waals surface area contributed by atoms with Gasteiger partial charge in [0.25, 0.3) is 0 Å². The number of thioether (sulfide) groups is 1. The highest BCUT2D eigenvalue weighted by Gasteiger charge is 2.45. The van der Waals surface area contributed by atoms with Gasteiger partial charge in [-0.2, -0.15) is 0 Å². The van der Waals surface area contributed by atoms with Crippen molar-refractivity contribution in [2.24, 2.45) is 0 Å². The van der Waals surface area contributed by atoms with Crippen LogP contribution in [0.1, 0.15) is 0 Å². The Labute approximate surface area is 73.0 Å². The van der Waals surface area contributed by atoms with E-state index >= 15 is 0 Å². The van der Waals surface area contributed by atoms with E-state index in [4.69, 9.17) is 10.2 Å². The third kappa shape index (κ3) is 1.39. The molecule has 0 unspecified atom stereocenters. The summed E-state index contributed by atoms with van der Waals surface area (Å²) >= 11 is 5.68. The van der Waals surface area contributed by atoms with E-state index in [2.05, 4.69) is 17.5 Å². The number of aliphatic hydroxyl groups is 2. The molecule has 1 aliphatic rings. The van der Waals surface area contributed by atoms with Crippen molar-refractivity contribution < 1.29 is 15.0 Å². The summed E-state index contributed by atoms with van der Waals surface area (Å²) in [5, 5.41) is 20.0. The van der Waals surface area contributed by atoms with Gasteiger partial charge in [-0.1, -0.05) is 24.0 Å². The highest BCUT2D eigenvalue weighted by molar-refractivity contribution is 8.25. The second-order valence-electron chi connectivity index (χ2n) is 2.15. The Morgan fingerprint density at radius 1 is 1.55 bits per heavy atom. The lowest BCUT2D eigenvalue weighted by atomic mass is 10.1. The maximum atomic E-state index is 11.0. The van der Waals surface area contributed by atoms with Gasteiger partial charge in [-0.15, -0.1) is 0 Å². The fourth-order valence-corrected chi connectivity index (χ4v) is 2.06. The van der Waals surface area contributed by atoms with E-state index in [0.29, 0.717) is 4.32 Å². The molecule has 1 amide bonds. The largest absolute Gasteiger partial charge is 0.394 e. The van der Waals surface area contributed by atoms with Crippen molar-refractivity contribution in [1.29, 1.82) is 0 Å². The first kappa shape index (κ1) is 8.92. The molecule has 1 rings (SSSR count). The monoisotopic (exact) mass is 193 g/mol. The minimum atomic E-state index is -1.16. The second kappa shape index (κ2) is 3.06. The lowest BCUT2D eigenvalue weighted by Gasteiger charge is -2.17. The first-order valence-electron chi connectivity index (χ1n) is 2.91. The number of carbonyl (C=O) groups excluding carboxylic acids is 1. The zero-order valence-electron chi connectivity index (χ0n) is 5.53. The van der Waals surface area contributed by atoms with Crippen LogP contribution in [0, 0.1) is 0 Å². The number of amides is 1. The molecule has 1 aliphatic heterocycles. The van der Waals surface area contributed by atoms with Gasteiger partial charge in [-0.3, -0.25) is 4.79 Å². The smallest absolute Gasteiger partial charge is 0.246 e. The molecule has 0 bridgehead atoms. The van der Waals surface area contributed by atoms with Crippen LogP contribution in [0.3, 0.4) is 0 Å². The molecule has 4 nitrogen and oxygen atoms in total. The zero-order chi connectivity index (χ0) is 8.48. The van der Waals surface area contributed by atoms with Crippen molar-refractivity contribution in [1.82, 2.24) is 5.32 Å². The zero-order valence-corrected chi connectivity index (χ0v) is 7.17. The van der Waals surface area contributed by atoms with Gasteiger partial charge in [-0.25, -0.2) is 0 Å². The van der Waals surface area contributed by atoms with Crippen LogP contribution in [0.25, 0.3) is 0 Å². The van der Waals surface area contributed by atoms with Gasteiger partial charge in [0.1, 0.15) is 9.07 Å². The van der Waals surface area contributed by atoms with Crippen molar-refractivity contribution in [2.45, 2.75) is 4.75 Å². The molecule has 0 saturated carbocycles. The molecule has 0 aromatic rings. The number of rotatable bonds is 2. The van der Waals surface area contributed by atoms with Crippen molar-refractivity contribution in [3.63, 3.8) is 0 Å². The summed E-state index contributed by atoms with van der Waals surface area (Å²) in [6.07, 6.45) is 0. The predicted octanol–water partition coefficient (Wildman–Crippen LogP) is -1.14. The van der Waals surface area contributed by atoms with Crippen molar-refractivity contribution in [3.05, 3.63) is 0 Å². The third-order valence-electron chi connectivity index (χ3n) is 1.43. The van der Waals surface area contributed by atoms with E-state index in [0.717, 1.165) is 11.8 Å². The van der Waals surface area contributed by atoms with Crippen LogP contribution < -0.4 is 5.32 Å². The number of hydrogen-bond acceptors (Lipinski definition) is 5. The Balaban J connectivity index is 2.84. The molecule has 0 spiro atoms. The number of aliphatic hydroxyl groups excluding tert-OH is 2. The van der Waals surface area contributed by atoms with E-state index in [1.165, 1.54) is 0 Å². The van der Waals surface area contributed by atoms with E-state index < -0.39 is 23.9 Å². The normalized spacial score (nSPS) is 22.0. The average Bonchev–Trinajstić information content (AvgIpc) is 2.27. The minimum absolute atomic E-state index is 0.304. The van der Waals surface area contributed by atoms with E-state index in [9.17, 15) is 4.79 Å². The molecule has 0 aliphatic carbocycles. The molecule has 6 heteroatoms. The third-order valence-corrected chi connectivity index (χ3v) is 2.90. The van der Waals surface area contributed by atoms with Crippen LogP contribution in [-0.2, 0) is 4.79 Å². The minimum Gasteiger partial charge on any atom is -0.394 e. The van der Waals surface area contributed by atoms with Crippen LogP contribution in [-0.4, -0.2) is 38.4 Å². The molecular weight excluding hydrogens is 186 g/mol. The van der Waals surface area contributed by atoms with Gasteiger partial charge in [0.05, 0.1) is 13.2 Å². The van der Waals surface area contributed by atoms with E-state index in [1.54, 1.807) is 0 Å². The maximum absolute atomic E-state index is 11.0. The van der Waals surface area contributed by atoms with Gasteiger partial charge >= 0.3 is 0 Å². The van der Waals surface area contributed by atoms with Gasteiger partial charge in [0.15, 0.2) is 0 Å². The van der Waals surface area contributed by atoms with E-state index in [1.807, 2.05) is 0 Å². The van der Waals surface area contributed by atoms with Gasteiger partial charge in [0, 0.05) is 0 Å². The van der Waals surface area contributed by atoms with Crippen LogP contribution in [0.5, 0.6) is 0 Å². The summed E-state index contributed by atoms with van der Waals surface area (Å²) in [6, 6.07) is 0. The Bertz CT molecular complexity index is 202. The van der Waals surface area contributed by atoms with Crippen LogP contribution in [0.2, 0.25) is 0 Å². The van der Waals surface area contributed by atoms with Gasteiger partial charge in [-0.05, 0) is 0 Å². The molecule has 11 heavy (non-hydrogen) atoms. The lowest BCUT2D eigenvalue weighted by Crippen LogP contribution is -2.43. The second-order valence-corrected chi connectivity index (χ2v) is 4.21. The maximum Gasteiger partial charge on any atom is 0.246 e. The topological polar surface area (TPSA) is 69.6 Å². The molecule has 0 aromatic carbocycles. The first-order valence-corrected chi connectivity index (χ1v) is 4.13. The number of thiocarbonyl (C=S) groups is 1. The highest BCUT2D eigenvalue weighted by atomic mass is 32.2. The quantitative estimate of drug-likeness (QED) is 0.484. The van der Waals surface area contributed by atoms with Crippen molar-refractivity contribution in [3.8, 4) is 0 Å². The Hall–Kier alpha value is -0.170. The van der Waals surface area contributed by atoms with Gasteiger partial charge in [0.2, 0.25) is 5.91 Å². The van der Waals surface area contributed by atoms with Crippen LogP contribution >= 0.6 is 24.0 Å². The lowest BCUT2D eigenvalue weighted by molar-refractivity contribution is -0.123. The number of hydrogen-bond donors (Lipinski definition) is 3. The number of carbonyl (C=O) groups is 1.